The van der Waals surface area contributed by atoms with Gasteiger partial charge in [-0.25, -0.2) is 0 Å². The van der Waals surface area contributed by atoms with Crippen LogP contribution < -0.4 is 10.1 Å². The molecule has 26 heavy (non-hydrogen) atoms. The second-order valence-corrected chi connectivity index (χ2v) is 6.01. The zero-order valence-corrected chi connectivity index (χ0v) is 14.4. The Labute approximate surface area is 153 Å². The van der Waals surface area contributed by atoms with Crippen molar-refractivity contribution in [2.75, 3.05) is 6.54 Å². The molecule has 4 nitrogen and oxygen atoms in total. The molecule has 0 aliphatic heterocycles. The summed E-state index contributed by atoms with van der Waals surface area (Å²) in [6, 6.07) is 24.2. The summed E-state index contributed by atoms with van der Waals surface area (Å²) >= 11 is 0. The van der Waals surface area contributed by atoms with Gasteiger partial charge in [-0.3, -0.25) is 4.79 Å². The first kappa shape index (κ1) is 17.5. The van der Waals surface area contributed by atoms with Crippen molar-refractivity contribution in [3.8, 4) is 11.8 Å². The molecule has 130 valence electrons. The van der Waals surface area contributed by atoms with Crippen LogP contribution in [0.25, 0.3) is 10.8 Å². The number of carbonyl (C=O) groups is 1. The van der Waals surface area contributed by atoms with Gasteiger partial charge in [-0.2, -0.15) is 5.26 Å². The first-order valence-electron chi connectivity index (χ1n) is 8.58. The topological polar surface area (TPSA) is 62.1 Å². The number of nitrogens with zero attached hydrogens (tertiary/aromatic N) is 1. The second kappa shape index (κ2) is 8.68. The third kappa shape index (κ3) is 4.61. The van der Waals surface area contributed by atoms with E-state index in [0.717, 1.165) is 23.3 Å². The molecule has 0 heterocycles. The number of rotatable bonds is 7. The van der Waals surface area contributed by atoms with Gasteiger partial charge in [0.05, 0.1) is 6.07 Å². The fourth-order valence-corrected chi connectivity index (χ4v) is 2.81. The van der Waals surface area contributed by atoms with Crippen LogP contribution in [0.4, 0.5) is 0 Å². The molecule has 0 aliphatic carbocycles. The van der Waals surface area contributed by atoms with Gasteiger partial charge in [-0.05, 0) is 40.5 Å². The molecule has 4 heteroatoms. The number of amides is 1. The standard InChI is InChI=1S/C22H20N2O2/c23-14-12-22(25)24-15-13-17-8-10-20(11-9-17)26-16-19-6-3-5-18-4-1-2-7-21(18)19/h1-11H,12-13,15-16H2,(H,24,25). The lowest BCUT2D eigenvalue weighted by molar-refractivity contribution is -0.120. The Morgan fingerprint density at radius 2 is 1.77 bits per heavy atom. The van der Waals surface area contributed by atoms with Crippen LogP contribution in [-0.2, 0) is 17.8 Å². The molecule has 0 unspecified atom stereocenters. The van der Waals surface area contributed by atoms with E-state index >= 15 is 0 Å². The number of hydrogen-bond donors (Lipinski definition) is 1. The number of fused-ring (bicyclic) bond motifs is 1. The molecule has 3 aromatic rings. The monoisotopic (exact) mass is 344 g/mol. The molecule has 0 atom stereocenters. The Morgan fingerprint density at radius 3 is 2.58 bits per heavy atom. The van der Waals surface area contributed by atoms with Crippen molar-refractivity contribution in [1.29, 1.82) is 5.26 Å². The van der Waals surface area contributed by atoms with Crippen molar-refractivity contribution in [2.24, 2.45) is 0 Å². The summed E-state index contributed by atoms with van der Waals surface area (Å²) in [6.45, 7) is 1.04. The van der Waals surface area contributed by atoms with E-state index in [2.05, 4.69) is 29.6 Å². The zero-order chi connectivity index (χ0) is 18.2. The molecule has 1 N–H and O–H groups in total. The fourth-order valence-electron chi connectivity index (χ4n) is 2.81. The molecule has 1 amide bonds. The lowest BCUT2D eigenvalue weighted by atomic mass is 10.1. The lowest BCUT2D eigenvalue weighted by Crippen LogP contribution is -2.24. The Morgan fingerprint density at radius 1 is 1.00 bits per heavy atom. The van der Waals surface area contributed by atoms with Crippen molar-refractivity contribution >= 4 is 16.7 Å². The normalized spacial score (nSPS) is 10.3. The molecule has 3 aromatic carbocycles. The van der Waals surface area contributed by atoms with E-state index in [1.807, 2.05) is 48.5 Å². The minimum absolute atomic E-state index is 0.0963. The number of ether oxygens (including phenoxy) is 1. The van der Waals surface area contributed by atoms with Gasteiger partial charge in [0.2, 0.25) is 5.91 Å². The van der Waals surface area contributed by atoms with Crippen LogP contribution >= 0.6 is 0 Å². The molecular weight excluding hydrogens is 324 g/mol. The summed E-state index contributed by atoms with van der Waals surface area (Å²) in [5.74, 6) is 0.581. The van der Waals surface area contributed by atoms with Gasteiger partial charge in [0, 0.05) is 6.54 Å². The third-order valence-electron chi connectivity index (χ3n) is 4.17. The van der Waals surface area contributed by atoms with Crippen LogP contribution in [-0.4, -0.2) is 12.5 Å². The maximum Gasteiger partial charge on any atom is 0.234 e. The number of carbonyl (C=O) groups excluding carboxylic acids is 1. The fraction of sp³-hybridized carbons (Fsp3) is 0.182. The van der Waals surface area contributed by atoms with Crippen LogP contribution in [0.2, 0.25) is 0 Å². The molecule has 0 saturated carbocycles. The molecule has 0 fully saturated rings. The summed E-state index contributed by atoms with van der Waals surface area (Å²) in [5.41, 5.74) is 2.27. The minimum Gasteiger partial charge on any atom is -0.489 e. The van der Waals surface area contributed by atoms with Gasteiger partial charge < -0.3 is 10.1 Å². The van der Waals surface area contributed by atoms with Crippen molar-refractivity contribution < 1.29 is 9.53 Å². The van der Waals surface area contributed by atoms with E-state index in [9.17, 15) is 4.79 Å². The largest absolute Gasteiger partial charge is 0.489 e. The first-order chi connectivity index (χ1) is 12.8. The van der Waals surface area contributed by atoms with E-state index < -0.39 is 0 Å². The van der Waals surface area contributed by atoms with E-state index in [1.54, 1.807) is 0 Å². The van der Waals surface area contributed by atoms with Crippen molar-refractivity contribution in [1.82, 2.24) is 5.32 Å². The highest BCUT2D eigenvalue weighted by molar-refractivity contribution is 5.85. The Bertz CT molecular complexity index is 922. The van der Waals surface area contributed by atoms with E-state index in [1.165, 1.54) is 10.8 Å². The van der Waals surface area contributed by atoms with E-state index in [4.69, 9.17) is 10.00 Å². The van der Waals surface area contributed by atoms with Crippen molar-refractivity contribution in [2.45, 2.75) is 19.4 Å². The number of hydrogen-bond acceptors (Lipinski definition) is 3. The minimum atomic E-state index is -0.234. The SMILES string of the molecule is N#CCC(=O)NCCc1ccc(OCc2cccc3ccccc23)cc1. The summed E-state index contributed by atoms with van der Waals surface area (Å²) in [4.78, 5) is 11.2. The summed E-state index contributed by atoms with van der Waals surface area (Å²) in [5, 5.41) is 13.6. The number of nitrogens with one attached hydrogen (secondary N) is 1. The predicted octanol–water partition coefficient (Wildman–Crippen LogP) is 3.99. The quantitative estimate of drug-likeness (QED) is 0.705. The van der Waals surface area contributed by atoms with Crippen LogP contribution in [0.15, 0.2) is 66.7 Å². The number of nitriles is 1. The average Bonchev–Trinajstić information content (AvgIpc) is 2.67. The maximum atomic E-state index is 11.2. The predicted molar refractivity (Wildman–Crippen MR) is 102 cm³/mol. The highest BCUT2D eigenvalue weighted by Crippen LogP contribution is 2.21. The average molecular weight is 344 g/mol. The Hall–Kier alpha value is -3.32. The lowest BCUT2D eigenvalue weighted by Gasteiger charge is -2.10. The summed E-state index contributed by atoms with van der Waals surface area (Å²) < 4.78 is 5.92. The van der Waals surface area contributed by atoms with Crippen LogP contribution in [0.5, 0.6) is 5.75 Å². The van der Waals surface area contributed by atoms with Gasteiger partial charge >= 0.3 is 0 Å². The first-order valence-corrected chi connectivity index (χ1v) is 8.58. The zero-order valence-electron chi connectivity index (χ0n) is 14.4. The van der Waals surface area contributed by atoms with Gasteiger partial charge in [0.1, 0.15) is 18.8 Å². The molecule has 0 aliphatic rings. The van der Waals surface area contributed by atoms with Crippen LogP contribution in [0, 0.1) is 11.3 Å². The molecule has 0 aromatic heterocycles. The second-order valence-electron chi connectivity index (χ2n) is 6.01. The van der Waals surface area contributed by atoms with Gasteiger partial charge in [0.15, 0.2) is 0 Å². The Balaban J connectivity index is 1.54. The van der Waals surface area contributed by atoms with Crippen LogP contribution in [0.1, 0.15) is 17.5 Å². The molecule has 3 rings (SSSR count). The summed E-state index contributed by atoms with van der Waals surface area (Å²) in [6.07, 6.45) is 0.627. The van der Waals surface area contributed by atoms with Gasteiger partial charge in [-0.1, -0.05) is 54.6 Å². The third-order valence-corrected chi connectivity index (χ3v) is 4.17. The highest BCUT2D eigenvalue weighted by atomic mass is 16.5. The van der Waals surface area contributed by atoms with Crippen LogP contribution in [0.3, 0.4) is 0 Å². The molecule has 0 spiro atoms. The summed E-state index contributed by atoms with van der Waals surface area (Å²) in [7, 11) is 0. The van der Waals surface area contributed by atoms with Crippen molar-refractivity contribution in [3.63, 3.8) is 0 Å². The molecule has 0 saturated heterocycles. The van der Waals surface area contributed by atoms with E-state index in [-0.39, 0.29) is 12.3 Å². The smallest absolute Gasteiger partial charge is 0.234 e. The molecule has 0 radical (unpaired) electrons. The number of benzene rings is 3. The van der Waals surface area contributed by atoms with Gasteiger partial charge in [0.25, 0.3) is 0 Å². The molecule has 0 bridgehead atoms. The Kier molecular flexibility index (Phi) is 5.84. The van der Waals surface area contributed by atoms with E-state index in [0.29, 0.717) is 13.2 Å². The van der Waals surface area contributed by atoms with Crippen molar-refractivity contribution in [3.05, 3.63) is 77.9 Å². The van der Waals surface area contributed by atoms with Gasteiger partial charge in [-0.15, -0.1) is 0 Å². The highest BCUT2D eigenvalue weighted by Gasteiger charge is 2.03. The maximum absolute atomic E-state index is 11.2. The molecular formula is C22H20N2O2.